The van der Waals surface area contributed by atoms with E-state index in [4.69, 9.17) is 4.84 Å². The van der Waals surface area contributed by atoms with E-state index in [1.54, 1.807) is 4.90 Å². The molecule has 2 aromatic rings. The molecule has 4 nitrogen and oxygen atoms in total. The van der Waals surface area contributed by atoms with E-state index in [0.29, 0.717) is 11.4 Å². The van der Waals surface area contributed by atoms with Gasteiger partial charge in [0, 0.05) is 15.6 Å². The summed E-state index contributed by atoms with van der Waals surface area (Å²) in [7, 11) is 1.49. The molecule has 0 bridgehead atoms. The number of amides is 1. The number of benzene rings is 2. The van der Waals surface area contributed by atoms with Crippen molar-refractivity contribution >= 4 is 38.4 Å². The van der Waals surface area contributed by atoms with Gasteiger partial charge in [-0.25, -0.2) is 0 Å². The normalized spacial score (nSPS) is 16.5. The maximum absolute atomic E-state index is 12.8. The molecule has 5 heteroatoms. The average molecular weight is 361 g/mol. The molecule has 2 aromatic carbocycles. The summed E-state index contributed by atoms with van der Waals surface area (Å²) >= 11 is 3.48. The van der Waals surface area contributed by atoms with Crippen molar-refractivity contribution in [2.75, 3.05) is 7.11 Å². The van der Waals surface area contributed by atoms with E-state index in [0.717, 1.165) is 20.8 Å². The first kappa shape index (κ1) is 15.0. The molecule has 0 fully saturated rings. The largest absolute Gasteiger partial charge is 0.397 e. The van der Waals surface area contributed by atoms with Crippen LogP contribution in [0.25, 0.3) is 10.8 Å². The topological polar surface area (TPSA) is 41.9 Å². The van der Waals surface area contributed by atoms with Gasteiger partial charge in [-0.1, -0.05) is 27.2 Å². The highest BCUT2D eigenvalue weighted by Gasteiger charge is 2.41. The van der Waals surface area contributed by atoms with Gasteiger partial charge in [0.05, 0.1) is 5.56 Å². The van der Waals surface area contributed by atoms with Crippen molar-refractivity contribution in [3.05, 3.63) is 45.9 Å². The minimum Gasteiger partial charge on any atom is -0.397 e. The molecule has 0 N–H and O–H groups in total. The highest BCUT2D eigenvalue weighted by atomic mass is 79.9. The lowest BCUT2D eigenvalue weighted by atomic mass is 10.0. The average Bonchev–Trinajstić information content (AvgIpc) is 2.69. The summed E-state index contributed by atoms with van der Waals surface area (Å²) in [4.78, 5) is 19.5. The van der Waals surface area contributed by atoms with E-state index >= 15 is 0 Å². The van der Waals surface area contributed by atoms with Crippen molar-refractivity contribution in [3.63, 3.8) is 0 Å². The maximum Gasteiger partial charge on any atom is 0.260 e. The molecule has 0 aliphatic carbocycles. The minimum atomic E-state index is -0.375. The molecule has 22 heavy (non-hydrogen) atoms. The Morgan fingerprint density at radius 1 is 1.09 bits per heavy atom. The van der Waals surface area contributed by atoms with Gasteiger partial charge in [-0.3, -0.25) is 9.69 Å². The van der Waals surface area contributed by atoms with Gasteiger partial charge in [0.15, 0.2) is 5.84 Å². The summed E-state index contributed by atoms with van der Waals surface area (Å²) in [6, 6.07) is 9.93. The summed E-state index contributed by atoms with van der Waals surface area (Å²) in [5.74, 6) is 0.528. The van der Waals surface area contributed by atoms with Gasteiger partial charge in [-0.05, 0) is 55.8 Å². The second kappa shape index (κ2) is 5.09. The molecule has 3 rings (SSSR count). The zero-order valence-electron chi connectivity index (χ0n) is 13.0. The molecular formula is C17H17BrN2O2. The smallest absolute Gasteiger partial charge is 0.260 e. The number of fused-ring (bicyclic) bond motifs is 2. The second-order valence-corrected chi connectivity index (χ2v) is 7.21. The van der Waals surface area contributed by atoms with E-state index in [-0.39, 0.29) is 11.4 Å². The number of halogens is 1. The summed E-state index contributed by atoms with van der Waals surface area (Å²) in [6.45, 7) is 5.95. The molecule has 114 valence electrons. The molecule has 1 aliphatic heterocycles. The lowest BCUT2D eigenvalue weighted by Crippen LogP contribution is -2.45. The van der Waals surface area contributed by atoms with E-state index < -0.39 is 0 Å². The predicted octanol–water partition coefficient (Wildman–Crippen LogP) is 4.16. The first-order valence-corrected chi connectivity index (χ1v) is 7.81. The number of carbonyl (C=O) groups excluding carboxylic acids is 1. The SMILES string of the molecule is CO/N=C1\c2cc3cc(Br)ccc3cc2C(=O)N1C(C)(C)C. The fourth-order valence-corrected chi connectivity index (χ4v) is 3.15. The van der Waals surface area contributed by atoms with Gasteiger partial charge in [0.25, 0.3) is 5.91 Å². The Balaban J connectivity index is 2.29. The van der Waals surface area contributed by atoms with Crippen molar-refractivity contribution in [1.82, 2.24) is 4.90 Å². The van der Waals surface area contributed by atoms with Crippen LogP contribution in [0.2, 0.25) is 0 Å². The summed E-state index contributed by atoms with van der Waals surface area (Å²) in [5.41, 5.74) is 1.10. The molecule has 0 unspecified atom stereocenters. The van der Waals surface area contributed by atoms with Gasteiger partial charge in [0.2, 0.25) is 0 Å². The molecule has 0 atom stereocenters. The zero-order chi connectivity index (χ0) is 16.1. The fourth-order valence-electron chi connectivity index (χ4n) is 2.77. The zero-order valence-corrected chi connectivity index (χ0v) is 14.6. The second-order valence-electron chi connectivity index (χ2n) is 6.30. The highest BCUT2D eigenvalue weighted by molar-refractivity contribution is 9.10. The molecule has 0 spiro atoms. The molecule has 1 aliphatic rings. The Bertz CT molecular complexity index is 806. The Morgan fingerprint density at radius 2 is 1.77 bits per heavy atom. The van der Waals surface area contributed by atoms with Gasteiger partial charge in [0.1, 0.15) is 7.11 Å². The van der Waals surface area contributed by atoms with Gasteiger partial charge in [-0.2, -0.15) is 0 Å². The van der Waals surface area contributed by atoms with Gasteiger partial charge >= 0.3 is 0 Å². The quantitative estimate of drug-likeness (QED) is 0.716. The molecule has 1 amide bonds. The van der Waals surface area contributed by atoms with Gasteiger partial charge in [-0.15, -0.1) is 0 Å². The summed E-state index contributed by atoms with van der Waals surface area (Å²) in [6.07, 6.45) is 0. The van der Waals surface area contributed by atoms with Crippen LogP contribution in [0.1, 0.15) is 36.7 Å². The van der Waals surface area contributed by atoms with E-state index in [1.165, 1.54) is 7.11 Å². The number of hydrogen-bond donors (Lipinski definition) is 0. The van der Waals surface area contributed by atoms with Crippen molar-refractivity contribution in [1.29, 1.82) is 0 Å². The van der Waals surface area contributed by atoms with Crippen LogP contribution >= 0.6 is 15.9 Å². The number of amidine groups is 1. The standard InChI is InChI=1S/C17H17BrN2O2/c1-17(2,3)20-15(19-22-4)13-9-11-7-12(18)6-5-10(11)8-14(13)16(20)21/h5-9H,1-4H3/b19-15+. The number of nitrogens with zero attached hydrogens (tertiary/aromatic N) is 2. The third-order valence-corrected chi connectivity index (χ3v) is 4.17. The van der Waals surface area contributed by atoms with Crippen LogP contribution in [-0.2, 0) is 4.84 Å². The Hall–Kier alpha value is -1.88. The first-order valence-electron chi connectivity index (χ1n) is 7.02. The number of hydrogen-bond acceptors (Lipinski definition) is 3. The van der Waals surface area contributed by atoms with Crippen LogP contribution in [0, 0.1) is 0 Å². The van der Waals surface area contributed by atoms with Gasteiger partial charge < -0.3 is 4.84 Å². The first-order chi connectivity index (χ1) is 10.3. The molecule has 1 heterocycles. The predicted molar refractivity (Wildman–Crippen MR) is 91.1 cm³/mol. The third-order valence-electron chi connectivity index (χ3n) is 3.67. The summed E-state index contributed by atoms with van der Waals surface area (Å²) < 4.78 is 1.00. The van der Waals surface area contributed by atoms with Crippen LogP contribution in [0.3, 0.4) is 0 Å². The van der Waals surface area contributed by atoms with Crippen molar-refractivity contribution in [3.8, 4) is 0 Å². The molecule has 0 saturated carbocycles. The van der Waals surface area contributed by atoms with Crippen molar-refractivity contribution in [2.24, 2.45) is 5.16 Å². The van der Waals surface area contributed by atoms with Crippen LogP contribution in [0.5, 0.6) is 0 Å². The van der Waals surface area contributed by atoms with Crippen molar-refractivity contribution in [2.45, 2.75) is 26.3 Å². The van der Waals surface area contributed by atoms with Crippen LogP contribution in [0.4, 0.5) is 0 Å². The highest BCUT2D eigenvalue weighted by Crippen LogP contribution is 2.33. The number of carbonyl (C=O) groups is 1. The Kier molecular flexibility index (Phi) is 3.48. The number of oxime groups is 1. The Labute approximate surface area is 137 Å². The minimum absolute atomic E-state index is 0.0388. The van der Waals surface area contributed by atoms with Crippen LogP contribution in [0.15, 0.2) is 40.0 Å². The maximum atomic E-state index is 12.8. The summed E-state index contributed by atoms with van der Waals surface area (Å²) in [5, 5.41) is 6.19. The Morgan fingerprint density at radius 3 is 2.41 bits per heavy atom. The van der Waals surface area contributed by atoms with E-state index in [2.05, 4.69) is 21.1 Å². The monoisotopic (exact) mass is 360 g/mol. The lowest BCUT2D eigenvalue weighted by molar-refractivity contribution is 0.0756. The van der Waals surface area contributed by atoms with Crippen molar-refractivity contribution < 1.29 is 9.63 Å². The van der Waals surface area contributed by atoms with Crippen LogP contribution in [-0.4, -0.2) is 29.3 Å². The fraction of sp³-hybridized carbons (Fsp3) is 0.294. The molecular weight excluding hydrogens is 344 g/mol. The van der Waals surface area contributed by atoms with E-state index in [9.17, 15) is 4.79 Å². The van der Waals surface area contributed by atoms with Crippen LogP contribution < -0.4 is 0 Å². The third kappa shape index (κ3) is 2.29. The van der Waals surface area contributed by atoms with E-state index in [1.807, 2.05) is 51.1 Å². The lowest BCUT2D eigenvalue weighted by Gasteiger charge is -2.31. The molecule has 0 aromatic heterocycles. The number of rotatable bonds is 1. The molecule has 0 saturated heterocycles. The molecule has 0 radical (unpaired) electrons.